The van der Waals surface area contributed by atoms with Crippen molar-refractivity contribution in [2.24, 2.45) is 0 Å². The van der Waals surface area contributed by atoms with Gasteiger partial charge in [0.25, 0.3) is 0 Å². The third-order valence-electron chi connectivity index (χ3n) is 11.9. The quantitative estimate of drug-likeness (QED) is 0.169. The van der Waals surface area contributed by atoms with Gasteiger partial charge < -0.3 is 9.47 Å². The first-order chi connectivity index (χ1) is 27.9. The number of fused-ring (bicyclic) bond motifs is 7. The summed E-state index contributed by atoms with van der Waals surface area (Å²) in [5.74, 6) is 0. The average Bonchev–Trinajstić information content (AvgIpc) is 3.90. The Morgan fingerprint density at radius 1 is 0.509 bits per heavy atom. The van der Waals surface area contributed by atoms with Gasteiger partial charge in [0.05, 0.1) is 21.3 Å². The molecule has 0 saturated carbocycles. The Labute approximate surface area is 336 Å². The van der Waals surface area contributed by atoms with Gasteiger partial charge in [0.15, 0.2) is 0 Å². The number of para-hydroxylation sites is 2. The van der Waals surface area contributed by atoms with E-state index in [-0.39, 0.29) is 5.41 Å². The Hall–Kier alpha value is -6.75. The smallest absolute Gasteiger partial charge is 0.124 e. The molecule has 0 atom stereocenters. The minimum atomic E-state index is -0.0446. The van der Waals surface area contributed by atoms with Crippen molar-refractivity contribution < 1.29 is 0 Å². The normalized spacial score (nSPS) is 13.0. The highest BCUT2D eigenvalue weighted by Gasteiger charge is 2.35. The predicted molar refractivity (Wildman–Crippen MR) is 242 cm³/mol. The summed E-state index contributed by atoms with van der Waals surface area (Å²) in [5, 5.41) is 3.51. The standard InChI is InChI=1S/C53H39N3S/c1-34-17-29-49-44(31-34)45-33-41(27-30-50(45)56(49)38-11-5-4-6-12-38)55(40-25-20-36(21-26-40)52-54-48-15-9-10-16-51(48)57-52)39-23-18-35(19-24-39)37-22-28-43-42-13-7-8-14-46(42)53(2,3)47(43)32-37/h4-33H,1-3H3. The van der Waals surface area contributed by atoms with E-state index in [1.165, 1.54) is 65.4 Å². The number of rotatable bonds is 6. The van der Waals surface area contributed by atoms with Crippen LogP contribution in [0.3, 0.4) is 0 Å². The zero-order valence-corrected chi connectivity index (χ0v) is 32.9. The maximum atomic E-state index is 4.95. The van der Waals surface area contributed by atoms with E-state index >= 15 is 0 Å². The number of nitrogens with zero attached hydrogens (tertiary/aromatic N) is 3. The van der Waals surface area contributed by atoms with E-state index in [9.17, 15) is 0 Å². The molecule has 3 nitrogen and oxygen atoms in total. The van der Waals surface area contributed by atoms with Crippen molar-refractivity contribution in [2.45, 2.75) is 26.2 Å². The lowest BCUT2D eigenvalue weighted by Gasteiger charge is -2.26. The molecule has 0 bridgehead atoms. The monoisotopic (exact) mass is 749 g/mol. The summed E-state index contributed by atoms with van der Waals surface area (Å²) >= 11 is 1.74. The molecule has 272 valence electrons. The zero-order chi connectivity index (χ0) is 38.3. The lowest BCUT2D eigenvalue weighted by atomic mass is 9.81. The maximum Gasteiger partial charge on any atom is 0.124 e. The molecule has 0 aliphatic heterocycles. The molecule has 0 saturated heterocycles. The van der Waals surface area contributed by atoms with Gasteiger partial charge in [0, 0.05) is 44.5 Å². The van der Waals surface area contributed by atoms with Crippen LogP contribution in [0.1, 0.15) is 30.5 Å². The molecule has 0 fully saturated rings. The number of benzene rings is 8. The summed E-state index contributed by atoms with van der Waals surface area (Å²) in [6, 6.07) is 66.6. The molecule has 2 aromatic heterocycles. The topological polar surface area (TPSA) is 21.1 Å². The number of thiazole rings is 1. The van der Waals surface area contributed by atoms with Crippen LogP contribution in [0.2, 0.25) is 0 Å². The second-order valence-corrected chi connectivity index (χ2v) is 16.8. The van der Waals surface area contributed by atoms with Crippen molar-refractivity contribution >= 4 is 60.4 Å². The number of aromatic nitrogens is 2. The minimum Gasteiger partial charge on any atom is -0.310 e. The summed E-state index contributed by atoms with van der Waals surface area (Å²) in [4.78, 5) is 7.34. The molecular formula is C53H39N3S. The van der Waals surface area contributed by atoms with Gasteiger partial charge in [-0.15, -0.1) is 11.3 Å². The fourth-order valence-electron chi connectivity index (χ4n) is 9.00. The van der Waals surface area contributed by atoms with Gasteiger partial charge in [0.1, 0.15) is 5.01 Å². The van der Waals surface area contributed by atoms with Crippen LogP contribution in [0.25, 0.3) is 70.5 Å². The van der Waals surface area contributed by atoms with E-state index in [2.05, 4.69) is 212 Å². The van der Waals surface area contributed by atoms with Crippen molar-refractivity contribution in [3.63, 3.8) is 0 Å². The molecule has 4 heteroatoms. The van der Waals surface area contributed by atoms with E-state index < -0.39 is 0 Å². The molecule has 1 aliphatic rings. The lowest BCUT2D eigenvalue weighted by Crippen LogP contribution is -2.14. The molecule has 57 heavy (non-hydrogen) atoms. The molecule has 2 heterocycles. The fourth-order valence-corrected chi connectivity index (χ4v) is 9.97. The van der Waals surface area contributed by atoms with Crippen LogP contribution in [0.5, 0.6) is 0 Å². The van der Waals surface area contributed by atoms with Crippen molar-refractivity contribution in [3.8, 4) is 38.5 Å². The molecule has 0 amide bonds. The zero-order valence-electron chi connectivity index (χ0n) is 32.1. The van der Waals surface area contributed by atoms with Gasteiger partial charge in [-0.25, -0.2) is 4.98 Å². The van der Waals surface area contributed by atoms with E-state index in [1.807, 2.05) is 0 Å². The average molecular weight is 750 g/mol. The highest BCUT2D eigenvalue weighted by Crippen LogP contribution is 2.50. The Morgan fingerprint density at radius 2 is 1.12 bits per heavy atom. The summed E-state index contributed by atoms with van der Waals surface area (Å²) in [6.45, 7) is 6.87. The minimum absolute atomic E-state index is 0.0446. The van der Waals surface area contributed by atoms with Gasteiger partial charge >= 0.3 is 0 Å². The van der Waals surface area contributed by atoms with Gasteiger partial charge in [-0.3, -0.25) is 0 Å². The second kappa shape index (κ2) is 12.9. The van der Waals surface area contributed by atoms with Gasteiger partial charge in [0.2, 0.25) is 0 Å². The molecule has 10 aromatic rings. The number of aryl methyl sites for hydroxylation is 1. The molecular weight excluding hydrogens is 711 g/mol. The van der Waals surface area contributed by atoms with Crippen LogP contribution in [0.15, 0.2) is 182 Å². The van der Waals surface area contributed by atoms with Crippen LogP contribution >= 0.6 is 11.3 Å². The van der Waals surface area contributed by atoms with E-state index in [0.29, 0.717) is 0 Å². The fraction of sp³-hybridized carbons (Fsp3) is 0.0755. The summed E-state index contributed by atoms with van der Waals surface area (Å²) in [7, 11) is 0. The number of anilines is 3. The highest BCUT2D eigenvalue weighted by molar-refractivity contribution is 7.21. The molecule has 0 N–H and O–H groups in total. The van der Waals surface area contributed by atoms with Crippen LogP contribution in [-0.2, 0) is 5.41 Å². The molecule has 11 rings (SSSR count). The van der Waals surface area contributed by atoms with Crippen LogP contribution < -0.4 is 4.90 Å². The first kappa shape index (κ1) is 33.6. The van der Waals surface area contributed by atoms with Crippen molar-refractivity contribution in [2.75, 3.05) is 4.90 Å². The third-order valence-corrected chi connectivity index (χ3v) is 13.0. The predicted octanol–water partition coefficient (Wildman–Crippen LogP) is 14.8. The summed E-state index contributed by atoms with van der Waals surface area (Å²) in [5.41, 5.74) is 18.1. The van der Waals surface area contributed by atoms with Crippen LogP contribution in [0, 0.1) is 6.92 Å². The maximum absolute atomic E-state index is 4.95. The summed E-state index contributed by atoms with van der Waals surface area (Å²) in [6.07, 6.45) is 0. The Balaban J connectivity index is 1.03. The molecule has 0 radical (unpaired) electrons. The number of hydrogen-bond acceptors (Lipinski definition) is 3. The van der Waals surface area contributed by atoms with Crippen LogP contribution in [-0.4, -0.2) is 9.55 Å². The molecule has 0 unspecified atom stereocenters. The van der Waals surface area contributed by atoms with E-state index in [0.717, 1.165) is 38.8 Å². The van der Waals surface area contributed by atoms with Crippen molar-refractivity contribution in [1.82, 2.24) is 9.55 Å². The summed E-state index contributed by atoms with van der Waals surface area (Å²) < 4.78 is 3.59. The van der Waals surface area contributed by atoms with Gasteiger partial charge in [-0.2, -0.15) is 0 Å². The Kier molecular flexibility index (Phi) is 7.60. The van der Waals surface area contributed by atoms with Crippen molar-refractivity contribution in [3.05, 3.63) is 199 Å². The molecule has 8 aromatic carbocycles. The SMILES string of the molecule is Cc1ccc2c(c1)c1cc(N(c3ccc(-c4ccc5c(c4)C(C)(C)c4ccccc4-5)cc3)c3ccc(-c4nc5ccccc5s4)cc3)ccc1n2-c1ccccc1. The first-order valence-electron chi connectivity index (χ1n) is 19.6. The molecule has 1 aliphatic carbocycles. The van der Waals surface area contributed by atoms with E-state index in [1.54, 1.807) is 11.3 Å². The van der Waals surface area contributed by atoms with Crippen LogP contribution in [0.4, 0.5) is 17.1 Å². The van der Waals surface area contributed by atoms with E-state index in [4.69, 9.17) is 4.98 Å². The van der Waals surface area contributed by atoms with Gasteiger partial charge in [-0.05, 0) is 137 Å². The first-order valence-corrected chi connectivity index (χ1v) is 20.4. The van der Waals surface area contributed by atoms with Crippen molar-refractivity contribution in [1.29, 1.82) is 0 Å². The number of hydrogen-bond donors (Lipinski definition) is 0. The Morgan fingerprint density at radius 3 is 1.89 bits per heavy atom. The van der Waals surface area contributed by atoms with Gasteiger partial charge in [-0.1, -0.05) is 104 Å². The third kappa shape index (κ3) is 5.43. The molecule has 0 spiro atoms. The Bertz CT molecular complexity index is 3120. The second-order valence-electron chi connectivity index (χ2n) is 15.7. The highest BCUT2D eigenvalue weighted by atomic mass is 32.1. The lowest BCUT2D eigenvalue weighted by molar-refractivity contribution is 0.660. The largest absolute Gasteiger partial charge is 0.310 e.